The number of nitrogens with zero attached hydrogens (tertiary/aromatic N) is 3. The minimum Gasteiger partial charge on any atom is -0.508 e. The molecule has 140 valence electrons. The highest BCUT2D eigenvalue weighted by atomic mass is 35.5. The Bertz CT molecular complexity index is 1130. The molecule has 6 nitrogen and oxygen atoms in total. The van der Waals surface area contributed by atoms with Gasteiger partial charge in [0.25, 0.3) is 0 Å². The molecule has 2 N–H and O–H groups in total. The van der Waals surface area contributed by atoms with Gasteiger partial charge in [-0.05, 0) is 42.7 Å². The average molecular weight is 393 g/mol. The minimum absolute atomic E-state index is 0.104. The second kappa shape index (κ2) is 6.49. The molecule has 2 aliphatic rings. The lowest BCUT2D eigenvalue weighted by Gasteiger charge is -2.32. The number of halogens is 1. The SMILES string of the molecule is O=C1CCCC2=C1C(c1cccc(O)c1)n1nc(-c3cccc(Cl)c3)nc1N2. The number of carbonyl (C=O) groups is 1. The van der Waals surface area contributed by atoms with Crippen molar-refractivity contribution in [2.24, 2.45) is 0 Å². The molecule has 1 aliphatic carbocycles. The average Bonchev–Trinajstić information content (AvgIpc) is 3.10. The van der Waals surface area contributed by atoms with Crippen molar-refractivity contribution in [2.45, 2.75) is 25.3 Å². The maximum absolute atomic E-state index is 12.8. The van der Waals surface area contributed by atoms with Crippen molar-refractivity contribution in [3.8, 4) is 17.1 Å². The Morgan fingerprint density at radius 2 is 2.00 bits per heavy atom. The molecule has 0 saturated heterocycles. The Labute approximate surface area is 166 Å². The molecule has 0 saturated carbocycles. The third-order valence-electron chi connectivity index (χ3n) is 5.14. The van der Waals surface area contributed by atoms with Crippen LogP contribution in [0, 0.1) is 0 Å². The number of fused-ring (bicyclic) bond motifs is 1. The summed E-state index contributed by atoms with van der Waals surface area (Å²) in [6.45, 7) is 0. The molecule has 2 aromatic carbocycles. The summed E-state index contributed by atoms with van der Waals surface area (Å²) in [6.07, 6.45) is 2.11. The zero-order chi connectivity index (χ0) is 19.3. The number of anilines is 1. The third kappa shape index (κ3) is 2.77. The van der Waals surface area contributed by atoms with Crippen LogP contribution in [0.4, 0.5) is 5.95 Å². The van der Waals surface area contributed by atoms with Crippen LogP contribution in [0.3, 0.4) is 0 Å². The molecule has 28 heavy (non-hydrogen) atoms. The van der Waals surface area contributed by atoms with Gasteiger partial charge in [0.2, 0.25) is 5.95 Å². The molecule has 1 aromatic heterocycles. The van der Waals surface area contributed by atoms with Gasteiger partial charge in [0.1, 0.15) is 11.8 Å². The Kier molecular flexibility index (Phi) is 3.94. The fraction of sp³-hybridized carbons (Fsp3) is 0.190. The summed E-state index contributed by atoms with van der Waals surface area (Å²) in [7, 11) is 0. The molecule has 1 unspecified atom stereocenters. The molecule has 1 atom stereocenters. The van der Waals surface area contributed by atoms with Crippen molar-refractivity contribution in [1.29, 1.82) is 0 Å². The van der Waals surface area contributed by atoms with Gasteiger partial charge in [0, 0.05) is 28.3 Å². The van der Waals surface area contributed by atoms with E-state index in [1.54, 1.807) is 28.9 Å². The smallest absolute Gasteiger partial charge is 0.226 e. The Balaban J connectivity index is 1.69. The maximum atomic E-state index is 12.8. The highest BCUT2D eigenvalue weighted by molar-refractivity contribution is 6.30. The number of Topliss-reactive ketones (excluding diaryl/α,β-unsaturated/α-hetero) is 1. The van der Waals surface area contributed by atoms with Gasteiger partial charge in [-0.15, -0.1) is 5.10 Å². The molecule has 3 aromatic rings. The molecule has 5 rings (SSSR count). The van der Waals surface area contributed by atoms with Crippen molar-refractivity contribution in [2.75, 3.05) is 5.32 Å². The molecule has 1 aliphatic heterocycles. The topological polar surface area (TPSA) is 80.0 Å². The number of aromatic nitrogens is 3. The number of benzene rings is 2. The van der Waals surface area contributed by atoms with Crippen molar-refractivity contribution in [3.05, 3.63) is 70.4 Å². The number of allylic oxidation sites excluding steroid dienone is 2. The van der Waals surface area contributed by atoms with E-state index in [0.29, 0.717) is 28.8 Å². The predicted molar refractivity (Wildman–Crippen MR) is 106 cm³/mol. The minimum atomic E-state index is -0.424. The lowest BCUT2D eigenvalue weighted by atomic mass is 9.85. The van der Waals surface area contributed by atoms with Gasteiger partial charge >= 0.3 is 0 Å². The first-order valence-electron chi connectivity index (χ1n) is 9.15. The number of carbonyl (C=O) groups excluding carboxylic acids is 1. The molecule has 0 radical (unpaired) electrons. The van der Waals surface area contributed by atoms with Crippen LogP contribution in [0.15, 0.2) is 59.8 Å². The zero-order valence-corrected chi connectivity index (χ0v) is 15.6. The Hall–Kier alpha value is -3.12. The van der Waals surface area contributed by atoms with Crippen LogP contribution in [-0.2, 0) is 4.79 Å². The molecule has 7 heteroatoms. The molecule has 0 bridgehead atoms. The monoisotopic (exact) mass is 392 g/mol. The second-order valence-electron chi connectivity index (χ2n) is 7.01. The van der Waals surface area contributed by atoms with E-state index < -0.39 is 6.04 Å². The third-order valence-corrected chi connectivity index (χ3v) is 5.37. The highest BCUT2D eigenvalue weighted by Crippen LogP contribution is 2.41. The molecule has 2 heterocycles. The van der Waals surface area contributed by atoms with Crippen LogP contribution < -0.4 is 5.32 Å². The largest absolute Gasteiger partial charge is 0.508 e. The van der Waals surface area contributed by atoms with E-state index in [-0.39, 0.29) is 11.5 Å². The predicted octanol–water partition coefficient (Wildman–Crippen LogP) is 4.33. The first kappa shape index (κ1) is 17.0. The number of phenolic OH excluding ortho intramolecular Hbond substituents is 1. The number of nitrogens with one attached hydrogen (secondary N) is 1. The van der Waals surface area contributed by atoms with E-state index in [1.807, 2.05) is 24.3 Å². The summed E-state index contributed by atoms with van der Waals surface area (Å²) in [4.78, 5) is 17.4. The summed E-state index contributed by atoms with van der Waals surface area (Å²) in [6, 6.07) is 13.9. The number of ketones is 1. The van der Waals surface area contributed by atoms with Crippen molar-refractivity contribution in [1.82, 2.24) is 14.8 Å². The highest BCUT2D eigenvalue weighted by Gasteiger charge is 2.37. The van der Waals surface area contributed by atoms with Gasteiger partial charge in [-0.2, -0.15) is 4.98 Å². The van der Waals surface area contributed by atoms with Gasteiger partial charge in [-0.25, -0.2) is 4.68 Å². The van der Waals surface area contributed by atoms with E-state index in [1.165, 1.54) is 0 Å². The Morgan fingerprint density at radius 1 is 1.14 bits per heavy atom. The number of phenols is 1. The quantitative estimate of drug-likeness (QED) is 0.678. The van der Waals surface area contributed by atoms with E-state index in [4.69, 9.17) is 16.7 Å². The standard InChI is InChI=1S/C21H17ClN4O2/c22-14-6-1-5-13(10-14)20-24-21-23-16-8-3-9-17(28)18(16)19(26(21)25-20)12-4-2-7-15(27)11-12/h1-2,4-7,10-11,19,27H,3,8-9H2,(H,23,24,25). The molecule has 0 fully saturated rings. The number of rotatable bonds is 2. The number of hydrogen-bond acceptors (Lipinski definition) is 5. The van der Waals surface area contributed by atoms with Gasteiger partial charge in [-0.3, -0.25) is 4.79 Å². The van der Waals surface area contributed by atoms with Crippen LogP contribution in [-0.4, -0.2) is 25.7 Å². The van der Waals surface area contributed by atoms with Crippen LogP contribution in [0.2, 0.25) is 5.02 Å². The van der Waals surface area contributed by atoms with Gasteiger partial charge in [0.15, 0.2) is 11.6 Å². The number of hydrogen-bond donors (Lipinski definition) is 2. The van der Waals surface area contributed by atoms with Crippen LogP contribution >= 0.6 is 11.6 Å². The van der Waals surface area contributed by atoms with Crippen LogP contribution in [0.25, 0.3) is 11.4 Å². The van der Waals surface area contributed by atoms with Gasteiger partial charge in [-0.1, -0.05) is 35.9 Å². The lowest BCUT2D eigenvalue weighted by Crippen LogP contribution is -2.31. The van der Waals surface area contributed by atoms with Crippen molar-refractivity contribution < 1.29 is 9.90 Å². The fourth-order valence-corrected chi connectivity index (χ4v) is 4.10. The van der Waals surface area contributed by atoms with Crippen molar-refractivity contribution >= 4 is 23.3 Å². The summed E-state index contributed by atoms with van der Waals surface area (Å²) < 4.78 is 1.73. The van der Waals surface area contributed by atoms with Crippen LogP contribution in [0.5, 0.6) is 5.75 Å². The normalized spacial score (nSPS) is 18.5. The summed E-state index contributed by atoms with van der Waals surface area (Å²) in [5.41, 5.74) is 3.19. The van der Waals surface area contributed by atoms with Gasteiger partial charge < -0.3 is 10.4 Å². The summed E-state index contributed by atoms with van der Waals surface area (Å²) >= 11 is 6.12. The maximum Gasteiger partial charge on any atom is 0.226 e. The van der Waals surface area contributed by atoms with E-state index in [2.05, 4.69) is 10.3 Å². The number of aromatic hydroxyl groups is 1. The van der Waals surface area contributed by atoms with Crippen LogP contribution in [0.1, 0.15) is 30.9 Å². The van der Waals surface area contributed by atoms with Crippen molar-refractivity contribution in [3.63, 3.8) is 0 Å². The molecule has 0 amide bonds. The fourth-order valence-electron chi connectivity index (χ4n) is 3.91. The van der Waals surface area contributed by atoms with E-state index in [9.17, 15) is 9.90 Å². The molecule has 0 spiro atoms. The zero-order valence-electron chi connectivity index (χ0n) is 14.9. The lowest BCUT2D eigenvalue weighted by molar-refractivity contribution is -0.116. The summed E-state index contributed by atoms with van der Waals surface area (Å²) in [5.74, 6) is 1.37. The van der Waals surface area contributed by atoms with E-state index >= 15 is 0 Å². The molecular formula is C21H17ClN4O2. The van der Waals surface area contributed by atoms with E-state index in [0.717, 1.165) is 29.7 Å². The van der Waals surface area contributed by atoms with Gasteiger partial charge in [0.05, 0.1) is 0 Å². The molecular weight excluding hydrogens is 376 g/mol. The first-order valence-corrected chi connectivity index (χ1v) is 9.52. The second-order valence-corrected chi connectivity index (χ2v) is 7.44. The Morgan fingerprint density at radius 3 is 2.82 bits per heavy atom. The summed E-state index contributed by atoms with van der Waals surface area (Å²) in [5, 5.41) is 18.6. The first-order chi connectivity index (χ1) is 13.6.